The van der Waals surface area contributed by atoms with Gasteiger partial charge in [0.15, 0.2) is 0 Å². The largest absolute Gasteiger partial charge is 0.325 e. The van der Waals surface area contributed by atoms with Gasteiger partial charge in [0.25, 0.3) is 5.91 Å². The standard InChI is InChI=1S/C18H15BrF2N2O2/c1-11-17(24)23(16-6-5-14(20)10-15(16)21)8-7-22(11)18(25)12-3-2-4-13(19)9-12/h2-6,9-11H,7-8H2,1H3/t11-/m0/s1. The van der Waals surface area contributed by atoms with Crippen molar-refractivity contribution in [3.63, 3.8) is 0 Å². The molecule has 0 spiro atoms. The first-order valence-corrected chi connectivity index (χ1v) is 8.51. The van der Waals surface area contributed by atoms with Crippen molar-refractivity contribution in [2.24, 2.45) is 0 Å². The molecular formula is C18H15BrF2N2O2. The van der Waals surface area contributed by atoms with Gasteiger partial charge in [-0.1, -0.05) is 22.0 Å². The third-order valence-corrected chi connectivity index (χ3v) is 4.68. The third kappa shape index (κ3) is 3.42. The van der Waals surface area contributed by atoms with Gasteiger partial charge in [-0.15, -0.1) is 0 Å². The van der Waals surface area contributed by atoms with Gasteiger partial charge >= 0.3 is 0 Å². The zero-order valence-corrected chi connectivity index (χ0v) is 15.0. The van der Waals surface area contributed by atoms with E-state index in [0.717, 1.165) is 16.6 Å². The first-order valence-electron chi connectivity index (χ1n) is 7.71. The van der Waals surface area contributed by atoms with Crippen LogP contribution in [0.15, 0.2) is 46.9 Å². The van der Waals surface area contributed by atoms with Crippen molar-refractivity contribution in [1.82, 2.24) is 4.90 Å². The summed E-state index contributed by atoms with van der Waals surface area (Å²) in [5.74, 6) is -2.17. The lowest BCUT2D eigenvalue weighted by molar-refractivity contribution is -0.124. The number of amides is 2. The number of rotatable bonds is 2. The fourth-order valence-electron chi connectivity index (χ4n) is 2.87. The average Bonchev–Trinajstić information content (AvgIpc) is 2.57. The maximum absolute atomic E-state index is 14.0. The summed E-state index contributed by atoms with van der Waals surface area (Å²) in [4.78, 5) is 28.0. The second kappa shape index (κ2) is 6.92. The van der Waals surface area contributed by atoms with E-state index >= 15 is 0 Å². The highest BCUT2D eigenvalue weighted by atomic mass is 79.9. The number of carbonyl (C=O) groups is 2. The second-order valence-corrected chi connectivity index (χ2v) is 6.69. The summed E-state index contributed by atoms with van der Waals surface area (Å²) in [7, 11) is 0. The molecule has 2 amide bonds. The molecule has 0 radical (unpaired) electrons. The number of hydrogen-bond donors (Lipinski definition) is 0. The van der Waals surface area contributed by atoms with E-state index in [1.807, 2.05) is 0 Å². The molecule has 2 aromatic carbocycles. The predicted octanol–water partition coefficient (Wildman–Crippen LogP) is 3.60. The number of hydrogen-bond acceptors (Lipinski definition) is 2. The van der Waals surface area contributed by atoms with Gasteiger partial charge in [0.1, 0.15) is 17.7 Å². The van der Waals surface area contributed by atoms with Crippen molar-refractivity contribution in [2.75, 3.05) is 18.0 Å². The number of anilines is 1. The first kappa shape index (κ1) is 17.5. The molecule has 3 rings (SSSR count). The van der Waals surface area contributed by atoms with Crippen LogP contribution in [0, 0.1) is 11.6 Å². The van der Waals surface area contributed by atoms with E-state index in [2.05, 4.69) is 15.9 Å². The van der Waals surface area contributed by atoms with Crippen LogP contribution in [0.1, 0.15) is 17.3 Å². The molecule has 0 bridgehead atoms. The number of nitrogens with zero attached hydrogens (tertiary/aromatic N) is 2. The van der Waals surface area contributed by atoms with Crippen LogP contribution in [0.5, 0.6) is 0 Å². The summed E-state index contributed by atoms with van der Waals surface area (Å²) in [6.07, 6.45) is 0. The smallest absolute Gasteiger partial charge is 0.254 e. The highest BCUT2D eigenvalue weighted by Crippen LogP contribution is 2.25. The summed E-state index contributed by atoms with van der Waals surface area (Å²) in [6, 6.07) is 9.25. The Morgan fingerprint density at radius 3 is 2.60 bits per heavy atom. The molecule has 0 aliphatic carbocycles. The molecule has 1 heterocycles. The molecule has 0 aromatic heterocycles. The molecule has 130 valence electrons. The molecule has 0 N–H and O–H groups in total. The van der Waals surface area contributed by atoms with E-state index in [4.69, 9.17) is 0 Å². The van der Waals surface area contributed by atoms with Gasteiger partial charge in [-0.05, 0) is 37.3 Å². The third-order valence-electron chi connectivity index (χ3n) is 4.19. The summed E-state index contributed by atoms with van der Waals surface area (Å²) >= 11 is 3.32. The number of benzene rings is 2. The summed E-state index contributed by atoms with van der Waals surface area (Å²) in [5, 5.41) is 0. The molecule has 0 saturated carbocycles. The average molecular weight is 409 g/mol. The van der Waals surface area contributed by atoms with Gasteiger partial charge < -0.3 is 9.80 Å². The highest BCUT2D eigenvalue weighted by molar-refractivity contribution is 9.10. The minimum Gasteiger partial charge on any atom is -0.325 e. The van der Waals surface area contributed by atoms with Gasteiger partial charge in [0.2, 0.25) is 5.91 Å². The number of piperazine rings is 1. The topological polar surface area (TPSA) is 40.6 Å². The Balaban J connectivity index is 1.83. The molecule has 4 nitrogen and oxygen atoms in total. The van der Waals surface area contributed by atoms with Crippen molar-refractivity contribution >= 4 is 33.4 Å². The molecule has 1 aliphatic heterocycles. The Morgan fingerprint density at radius 1 is 1.16 bits per heavy atom. The van der Waals surface area contributed by atoms with Crippen LogP contribution in [-0.2, 0) is 4.79 Å². The minimum atomic E-state index is -0.799. The molecule has 1 aliphatic rings. The lowest BCUT2D eigenvalue weighted by Crippen LogP contribution is -2.58. The molecule has 1 atom stereocenters. The van der Waals surface area contributed by atoms with Crippen molar-refractivity contribution in [3.8, 4) is 0 Å². The van der Waals surface area contributed by atoms with Crippen molar-refractivity contribution in [2.45, 2.75) is 13.0 Å². The van der Waals surface area contributed by atoms with E-state index in [1.165, 1.54) is 15.9 Å². The summed E-state index contributed by atoms with van der Waals surface area (Å²) in [5.41, 5.74) is 0.489. The van der Waals surface area contributed by atoms with Crippen molar-refractivity contribution in [1.29, 1.82) is 0 Å². The fourth-order valence-corrected chi connectivity index (χ4v) is 3.27. The first-order chi connectivity index (χ1) is 11.9. The molecule has 25 heavy (non-hydrogen) atoms. The van der Waals surface area contributed by atoms with Crippen LogP contribution in [0.4, 0.5) is 14.5 Å². The minimum absolute atomic E-state index is 0.0211. The van der Waals surface area contributed by atoms with Crippen LogP contribution in [0.3, 0.4) is 0 Å². The predicted molar refractivity (Wildman–Crippen MR) is 93.4 cm³/mol. The van der Waals surface area contributed by atoms with Crippen LogP contribution in [0.25, 0.3) is 0 Å². The van der Waals surface area contributed by atoms with E-state index in [9.17, 15) is 18.4 Å². The van der Waals surface area contributed by atoms with E-state index in [1.54, 1.807) is 31.2 Å². The van der Waals surface area contributed by atoms with Crippen LogP contribution in [-0.4, -0.2) is 35.8 Å². The van der Waals surface area contributed by atoms with Crippen LogP contribution >= 0.6 is 15.9 Å². The van der Waals surface area contributed by atoms with Crippen molar-refractivity contribution in [3.05, 3.63) is 64.1 Å². The quantitative estimate of drug-likeness (QED) is 0.761. The molecule has 0 unspecified atom stereocenters. The molecular weight excluding hydrogens is 394 g/mol. The zero-order chi connectivity index (χ0) is 18.1. The van der Waals surface area contributed by atoms with Gasteiger partial charge in [-0.3, -0.25) is 9.59 Å². The Bertz CT molecular complexity index is 844. The second-order valence-electron chi connectivity index (χ2n) is 5.77. The monoisotopic (exact) mass is 408 g/mol. The maximum Gasteiger partial charge on any atom is 0.254 e. The lowest BCUT2D eigenvalue weighted by atomic mass is 10.1. The summed E-state index contributed by atoms with van der Waals surface area (Å²) < 4.78 is 27.8. The Hall–Kier alpha value is -2.28. The Kier molecular flexibility index (Phi) is 4.85. The van der Waals surface area contributed by atoms with Crippen molar-refractivity contribution < 1.29 is 18.4 Å². The van der Waals surface area contributed by atoms with Gasteiger partial charge in [-0.2, -0.15) is 0 Å². The zero-order valence-electron chi connectivity index (χ0n) is 13.4. The lowest BCUT2D eigenvalue weighted by Gasteiger charge is -2.39. The molecule has 1 saturated heterocycles. The van der Waals surface area contributed by atoms with E-state index in [0.29, 0.717) is 5.56 Å². The molecule has 7 heteroatoms. The Morgan fingerprint density at radius 2 is 1.92 bits per heavy atom. The highest BCUT2D eigenvalue weighted by Gasteiger charge is 2.36. The van der Waals surface area contributed by atoms with Crippen LogP contribution < -0.4 is 4.90 Å². The van der Waals surface area contributed by atoms with Crippen LogP contribution in [0.2, 0.25) is 0 Å². The number of halogens is 3. The van der Waals surface area contributed by atoms with Gasteiger partial charge in [0, 0.05) is 29.2 Å². The van der Waals surface area contributed by atoms with E-state index < -0.39 is 23.6 Å². The maximum atomic E-state index is 14.0. The normalized spacial score (nSPS) is 17.8. The van der Waals surface area contributed by atoms with E-state index in [-0.39, 0.29) is 24.7 Å². The van der Waals surface area contributed by atoms with Gasteiger partial charge in [-0.25, -0.2) is 8.78 Å². The fraction of sp³-hybridized carbons (Fsp3) is 0.222. The number of carbonyl (C=O) groups excluding carboxylic acids is 2. The van der Waals surface area contributed by atoms with Gasteiger partial charge in [0.05, 0.1) is 5.69 Å². The SMILES string of the molecule is C[C@H]1C(=O)N(c2ccc(F)cc2F)CCN1C(=O)c1cccc(Br)c1. The Labute approximate surface area is 152 Å². The molecule has 2 aromatic rings. The molecule has 1 fully saturated rings. The summed E-state index contributed by atoms with van der Waals surface area (Å²) in [6.45, 7) is 2.01.